The highest BCUT2D eigenvalue weighted by molar-refractivity contribution is 5.91. The van der Waals surface area contributed by atoms with Crippen molar-refractivity contribution in [2.45, 2.75) is 6.42 Å². The molecule has 0 aliphatic rings. The molecule has 3 heteroatoms. The van der Waals surface area contributed by atoms with Crippen molar-refractivity contribution in [1.82, 2.24) is 5.32 Å². The Morgan fingerprint density at radius 3 is 3.17 bits per heavy atom. The summed E-state index contributed by atoms with van der Waals surface area (Å²) >= 11 is 0. The maximum Gasteiger partial charge on any atom is 0.287 e. The zero-order chi connectivity index (χ0) is 8.81. The van der Waals surface area contributed by atoms with Crippen LogP contribution in [0.3, 0.4) is 0 Å². The number of hydrogen-bond donors (Lipinski definition) is 1. The van der Waals surface area contributed by atoms with E-state index in [0.717, 1.165) is 0 Å². The predicted octanol–water partition coefficient (Wildman–Crippen LogP) is 1.03. The lowest BCUT2D eigenvalue weighted by Crippen LogP contribution is -2.23. The number of carbonyl (C=O) groups is 1. The third-order valence-corrected chi connectivity index (χ3v) is 1.30. The number of rotatable bonds is 3. The van der Waals surface area contributed by atoms with Gasteiger partial charge in [-0.2, -0.15) is 0 Å². The Balaban J connectivity index is 2.36. The first-order chi connectivity index (χ1) is 5.84. The van der Waals surface area contributed by atoms with Crippen molar-refractivity contribution in [2.75, 3.05) is 6.54 Å². The third-order valence-electron chi connectivity index (χ3n) is 1.30. The number of amides is 1. The summed E-state index contributed by atoms with van der Waals surface area (Å²) in [6, 6.07) is 3.27. The van der Waals surface area contributed by atoms with Crippen LogP contribution in [0.25, 0.3) is 0 Å². The summed E-state index contributed by atoms with van der Waals surface area (Å²) in [5.41, 5.74) is 0. The molecule has 0 unspecified atom stereocenters. The summed E-state index contributed by atoms with van der Waals surface area (Å²) in [7, 11) is 0. The molecule has 12 heavy (non-hydrogen) atoms. The third kappa shape index (κ3) is 2.17. The Morgan fingerprint density at radius 2 is 2.58 bits per heavy atom. The summed E-state index contributed by atoms with van der Waals surface area (Å²) in [5, 5.41) is 2.61. The molecule has 0 atom stereocenters. The van der Waals surface area contributed by atoms with E-state index in [0.29, 0.717) is 18.7 Å². The largest absolute Gasteiger partial charge is 0.459 e. The lowest BCUT2D eigenvalue weighted by Gasteiger charge is -1.97. The summed E-state index contributed by atoms with van der Waals surface area (Å²) in [6.07, 6.45) is 7.00. The number of terminal acetylenes is 1. The highest BCUT2D eigenvalue weighted by Gasteiger charge is 2.05. The molecule has 0 fully saturated rings. The van der Waals surface area contributed by atoms with E-state index in [4.69, 9.17) is 10.8 Å². The van der Waals surface area contributed by atoms with Crippen LogP contribution in [0.5, 0.6) is 0 Å². The molecule has 0 bridgehead atoms. The van der Waals surface area contributed by atoms with Gasteiger partial charge < -0.3 is 9.73 Å². The van der Waals surface area contributed by atoms with E-state index in [9.17, 15) is 4.79 Å². The van der Waals surface area contributed by atoms with Gasteiger partial charge in [-0.1, -0.05) is 0 Å². The van der Waals surface area contributed by atoms with E-state index in [-0.39, 0.29) is 5.91 Å². The lowest BCUT2D eigenvalue weighted by atomic mass is 10.4. The van der Waals surface area contributed by atoms with Crippen molar-refractivity contribution in [2.24, 2.45) is 0 Å². The fourth-order valence-corrected chi connectivity index (χ4v) is 0.743. The molecule has 0 saturated heterocycles. The van der Waals surface area contributed by atoms with E-state index in [1.807, 2.05) is 0 Å². The smallest absolute Gasteiger partial charge is 0.287 e. The fraction of sp³-hybridized carbons (Fsp3) is 0.222. The van der Waals surface area contributed by atoms with Gasteiger partial charge >= 0.3 is 0 Å². The molecule has 1 amide bonds. The fourth-order valence-electron chi connectivity index (χ4n) is 0.743. The minimum Gasteiger partial charge on any atom is -0.459 e. The van der Waals surface area contributed by atoms with Crippen LogP contribution in [-0.2, 0) is 0 Å². The van der Waals surface area contributed by atoms with Gasteiger partial charge in [0.1, 0.15) is 0 Å². The van der Waals surface area contributed by atoms with E-state index in [1.165, 1.54) is 6.26 Å². The van der Waals surface area contributed by atoms with Gasteiger partial charge in [0.05, 0.1) is 6.26 Å². The Hall–Kier alpha value is -1.69. The second-order valence-electron chi connectivity index (χ2n) is 2.19. The molecule has 1 heterocycles. The minimum atomic E-state index is -0.227. The van der Waals surface area contributed by atoms with E-state index in [1.54, 1.807) is 12.1 Å². The summed E-state index contributed by atoms with van der Waals surface area (Å²) in [4.78, 5) is 11.1. The minimum absolute atomic E-state index is 0.227. The molecular weight excluding hydrogens is 154 g/mol. The normalized spacial score (nSPS) is 8.92. The molecule has 1 aromatic heterocycles. The zero-order valence-corrected chi connectivity index (χ0v) is 6.54. The van der Waals surface area contributed by atoms with Gasteiger partial charge in [0.2, 0.25) is 0 Å². The summed E-state index contributed by atoms with van der Waals surface area (Å²) < 4.78 is 4.86. The molecule has 0 saturated carbocycles. The highest BCUT2D eigenvalue weighted by Crippen LogP contribution is 1.98. The molecule has 1 rings (SSSR count). The standard InChI is InChI=1S/C9H9NO2/c1-2-3-6-10-9(11)8-5-4-7-12-8/h1,4-5,7H,3,6H2,(H,10,11). The highest BCUT2D eigenvalue weighted by atomic mass is 16.3. The first-order valence-corrected chi connectivity index (χ1v) is 3.60. The lowest BCUT2D eigenvalue weighted by molar-refractivity contribution is 0.0927. The van der Waals surface area contributed by atoms with Gasteiger partial charge in [0.25, 0.3) is 5.91 Å². The number of hydrogen-bond acceptors (Lipinski definition) is 2. The van der Waals surface area contributed by atoms with Crippen molar-refractivity contribution in [3.63, 3.8) is 0 Å². The predicted molar refractivity (Wildman–Crippen MR) is 44.5 cm³/mol. The van der Waals surface area contributed by atoms with E-state index >= 15 is 0 Å². The second-order valence-corrected chi connectivity index (χ2v) is 2.19. The van der Waals surface area contributed by atoms with E-state index in [2.05, 4.69) is 11.2 Å². The molecule has 1 aromatic rings. The number of furan rings is 1. The summed E-state index contributed by atoms with van der Waals surface area (Å²) in [6.45, 7) is 0.482. The maximum absolute atomic E-state index is 11.1. The van der Waals surface area contributed by atoms with Crippen molar-refractivity contribution in [3.8, 4) is 12.3 Å². The monoisotopic (exact) mass is 163 g/mol. The van der Waals surface area contributed by atoms with Crippen LogP contribution in [0.15, 0.2) is 22.8 Å². The van der Waals surface area contributed by atoms with Gasteiger partial charge in [-0.15, -0.1) is 12.3 Å². The zero-order valence-electron chi connectivity index (χ0n) is 6.54. The molecule has 0 aliphatic carbocycles. The second kappa shape index (κ2) is 4.24. The Morgan fingerprint density at radius 1 is 1.75 bits per heavy atom. The Bertz CT molecular complexity index is 282. The number of nitrogens with one attached hydrogen (secondary N) is 1. The molecule has 3 nitrogen and oxygen atoms in total. The molecule has 0 aromatic carbocycles. The van der Waals surface area contributed by atoms with Crippen LogP contribution in [0.2, 0.25) is 0 Å². The summed E-state index contributed by atoms with van der Waals surface area (Å²) in [5.74, 6) is 2.51. The van der Waals surface area contributed by atoms with Crippen molar-refractivity contribution in [3.05, 3.63) is 24.2 Å². The van der Waals surface area contributed by atoms with Crippen LogP contribution in [0.4, 0.5) is 0 Å². The molecule has 62 valence electrons. The van der Waals surface area contributed by atoms with Crippen molar-refractivity contribution in [1.29, 1.82) is 0 Å². The topological polar surface area (TPSA) is 42.2 Å². The van der Waals surface area contributed by atoms with Gasteiger partial charge in [0, 0.05) is 13.0 Å². The van der Waals surface area contributed by atoms with Gasteiger partial charge in [-0.3, -0.25) is 4.79 Å². The average molecular weight is 163 g/mol. The first-order valence-electron chi connectivity index (χ1n) is 3.60. The van der Waals surface area contributed by atoms with Gasteiger partial charge in [-0.25, -0.2) is 0 Å². The molecule has 0 spiro atoms. The van der Waals surface area contributed by atoms with Crippen LogP contribution in [0, 0.1) is 12.3 Å². The van der Waals surface area contributed by atoms with Gasteiger partial charge in [-0.05, 0) is 12.1 Å². The van der Waals surface area contributed by atoms with Crippen LogP contribution in [-0.4, -0.2) is 12.5 Å². The van der Waals surface area contributed by atoms with Gasteiger partial charge in [0.15, 0.2) is 5.76 Å². The molecule has 1 N–H and O–H groups in total. The maximum atomic E-state index is 11.1. The Labute approximate surface area is 70.8 Å². The van der Waals surface area contributed by atoms with E-state index < -0.39 is 0 Å². The van der Waals surface area contributed by atoms with Crippen LogP contribution >= 0.6 is 0 Å². The van der Waals surface area contributed by atoms with Crippen LogP contribution in [0.1, 0.15) is 17.0 Å². The average Bonchev–Trinajstić information content (AvgIpc) is 2.56. The van der Waals surface area contributed by atoms with Crippen LogP contribution < -0.4 is 5.32 Å². The number of carbonyl (C=O) groups excluding carboxylic acids is 1. The molecule has 0 aliphatic heterocycles. The SMILES string of the molecule is C#CCCNC(=O)c1ccco1. The molecule has 0 radical (unpaired) electrons. The quantitative estimate of drug-likeness (QED) is 0.534. The molecular formula is C9H9NO2. The van der Waals surface area contributed by atoms with Crippen molar-refractivity contribution < 1.29 is 9.21 Å². The Kier molecular flexibility index (Phi) is 2.97. The van der Waals surface area contributed by atoms with Crippen molar-refractivity contribution >= 4 is 5.91 Å². The first kappa shape index (κ1) is 8.41.